The zero-order chi connectivity index (χ0) is 28.8. The van der Waals surface area contributed by atoms with E-state index in [9.17, 15) is 17.6 Å². The standard InChI is InChI=1S/C29H27FN6O5S/c30-26-6-10-40-23-4-2-18(12-25(23)42(26,38)39)29(37)33-16-20-13-22-19(15-31-20)3-5-27(34-22)36-9-11-41-24-14-21(17-32-28(24)36)35-7-1-8-35/h2-5,12-15,17,26H,1,6-11,16H2,(H,33,37)/t26-/m1/s1. The zero-order valence-electron chi connectivity index (χ0n) is 22.5. The molecule has 1 N–H and O–H groups in total. The van der Waals surface area contributed by atoms with Gasteiger partial charge in [0, 0.05) is 42.7 Å². The minimum Gasteiger partial charge on any atom is -0.492 e. The second kappa shape index (κ2) is 10.4. The van der Waals surface area contributed by atoms with E-state index >= 15 is 0 Å². The lowest BCUT2D eigenvalue weighted by Crippen LogP contribution is -2.37. The summed E-state index contributed by atoms with van der Waals surface area (Å²) in [5, 5.41) is 3.59. The molecule has 6 heterocycles. The lowest BCUT2D eigenvalue weighted by Gasteiger charge is -2.35. The van der Waals surface area contributed by atoms with Gasteiger partial charge in [-0.25, -0.2) is 22.8 Å². The second-order valence-corrected chi connectivity index (χ2v) is 12.4. The third-order valence-electron chi connectivity index (χ3n) is 7.64. The Morgan fingerprint density at radius 1 is 1.00 bits per heavy atom. The van der Waals surface area contributed by atoms with Crippen LogP contribution >= 0.6 is 0 Å². The van der Waals surface area contributed by atoms with Gasteiger partial charge < -0.3 is 24.6 Å². The molecule has 216 valence electrons. The van der Waals surface area contributed by atoms with Crippen molar-refractivity contribution in [3.8, 4) is 11.5 Å². The number of halogens is 1. The Labute approximate surface area is 241 Å². The molecule has 7 rings (SSSR count). The normalized spacial score (nSPS) is 19.0. The molecule has 4 aromatic rings. The summed E-state index contributed by atoms with van der Waals surface area (Å²) in [5.41, 5.74) is 0.306. The Kier molecular flexibility index (Phi) is 6.53. The Morgan fingerprint density at radius 3 is 2.69 bits per heavy atom. The number of fused-ring (bicyclic) bond motifs is 3. The number of ether oxygens (including phenoxy) is 2. The van der Waals surface area contributed by atoms with Crippen molar-refractivity contribution in [3.63, 3.8) is 0 Å². The van der Waals surface area contributed by atoms with E-state index in [2.05, 4.69) is 15.2 Å². The van der Waals surface area contributed by atoms with E-state index < -0.39 is 21.2 Å². The highest BCUT2D eigenvalue weighted by atomic mass is 32.2. The van der Waals surface area contributed by atoms with Crippen molar-refractivity contribution >= 4 is 44.0 Å². The fourth-order valence-electron chi connectivity index (χ4n) is 5.17. The van der Waals surface area contributed by atoms with E-state index in [0.29, 0.717) is 30.2 Å². The van der Waals surface area contributed by atoms with E-state index in [0.717, 1.165) is 41.8 Å². The highest BCUT2D eigenvalue weighted by Crippen LogP contribution is 2.38. The number of carbonyl (C=O) groups is 1. The molecule has 1 saturated heterocycles. The molecule has 0 bridgehead atoms. The number of alkyl halides is 1. The molecule has 11 nitrogen and oxygen atoms in total. The van der Waals surface area contributed by atoms with Gasteiger partial charge in [0.1, 0.15) is 23.1 Å². The third kappa shape index (κ3) is 4.73. The molecule has 1 atom stereocenters. The van der Waals surface area contributed by atoms with Gasteiger partial charge in [0.2, 0.25) is 15.3 Å². The highest BCUT2D eigenvalue weighted by molar-refractivity contribution is 7.92. The van der Waals surface area contributed by atoms with Crippen molar-refractivity contribution in [3.05, 3.63) is 66.1 Å². The summed E-state index contributed by atoms with van der Waals surface area (Å²) in [6.45, 7) is 3.17. The topological polar surface area (TPSA) is 127 Å². The van der Waals surface area contributed by atoms with Gasteiger partial charge in [0.25, 0.3) is 5.91 Å². The smallest absolute Gasteiger partial charge is 0.251 e. The van der Waals surface area contributed by atoms with Crippen LogP contribution in [-0.4, -0.2) is 67.6 Å². The summed E-state index contributed by atoms with van der Waals surface area (Å²) in [4.78, 5) is 30.9. The fraction of sp³-hybridized carbons (Fsp3) is 0.310. The molecule has 0 radical (unpaired) electrons. The number of anilines is 3. The van der Waals surface area contributed by atoms with Crippen molar-refractivity contribution in [2.24, 2.45) is 0 Å². The number of pyridine rings is 3. The van der Waals surface area contributed by atoms with Crippen LogP contribution in [0.2, 0.25) is 0 Å². The molecular weight excluding hydrogens is 563 g/mol. The Balaban J connectivity index is 1.10. The van der Waals surface area contributed by atoms with Crippen molar-refractivity contribution < 1.29 is 27.1 Å². The second-order valence-electron chi connectivity index (χ2n) is 10.3. The molecule has 3 aliphatic rings. The van der Waals surface area contributed by atoms with Gasteiger partial charge in [-0.1, -0.05) is 0 Å². The van der Waals surface area contributed by atoms with Gasteiger partial charge in [-0.05, 0) is 42.8 Å². The van der Waals surface area contributed by atoms with Crippen molar-refractivity contribution in [1.29, 1.82) is 0 Å². The lowest BCUT2D eigenvalue weighted by molar-refractivity contribution is 0.0950. The van der Waals surface area contributed by atoms with Crippen LogP contribution in [0.5, 0.6) is 11.5 Å². The minimum atomic E-state index is -4.25. The first kappa shape index (κ1) is 26.4. The molecule has 13 heteroatoms. The number of amides is 1. The van der Waals surface area contributed by atoms with Crippen LogP contribution in [0, 0.1) is 0 Å². The zero-order valence-corrected chi connectivity index (χ0v) is 23.3. The monoisotopic (exact) mass is 590 g/mol. The van der Waals surface area contributed by atoms with Crippen molar-refractivity contribution in [2.75, 3.05) is 42.6 Å². The summed E-state index contributed by atoms with van der Waals surface area (Å²) in [6.07, 6.45) is 4.47. The summed E-state index contributed by atoms with van der Waals surface area (Å²) < 4.78 is 50.6. The number of nitrogens with zero attached hydrogens (tertiary/aromatic N) is 5. The van der Waals surface area contributed by atoms with Crippen molar-refractivity contribution in [2.45, 2.75) is 29.8 Å². The van der Waals surface area contributed by atoms with E-state index in [1.807, 2.05) is 29.3 Å². The van der Waals surface area contributed by atoms with Gasteiger partial charge in [0.05, 0.1) is 42.8 Å². The lowest BCUT2D eigenvalue weighted by atomic mass is 10.2. The molecular formula is C29H27FN6O5S. The van der Waals surface area contributed by atoms with Crippen LogP contribution in [0.1, 0.15) is 28.9 Å². The van der Waals surface area contributed by atoms with Gasteiger partial charge in [-0.15, -0.1) is 0 Å². The molecule has 0 saturated carbocycles. The first-order valence-corrected chi connectivity index (χ1v) is 15.3. The number of hydrogen-bond acceptors (Lipinski definition) is 10. The van der Waals surface area contributed by atoms with E-state index in [1.54, 1.807) is 12.3 Å². The summed E-state index contributed by atoms with van der Waals surface area (Å²) >= 11 is 0. The predicted octanol–water partition coefficient (Wildman–Crippen LogP) is 3.55. The molecule has 0 unspecified atom stereocenters. The maximum Gasteiger partial charge on any atom is 0.251 e. The molecule has 1 fully saturated rings. The minimum absolute atomic E-state index is 0.0412. The number of hydrogen-bond donors (Lipinski definition) is 1. The Bertz CT molecular complexity index is 1820. The van der Waals surface area contributed by atoms with Crippen LogP contribution < -0.4 is 24.6 Å². The molecule has 3 aliphatic heterocycles. The van der Waals surface area contributed by atoms with E-state index in [4.69, 9.17) is 19.4 Å². The Hall–Kier alpha value is -4.52. The molecule has 0 aliphatic carbocycles. The summed E-state index contributed by atoms with van der Waals surface area (Å²) in [5.74, 6) is 1.68. The molecule has 1 aromatic carbocycles. The van der Waals surface area contributed by atoms with E-state index in [1.165, 1.54) is 18.6 Å². The maximum absolute atomic E-state index is 14.2. The first-order chi connectivity index (χ1) is 20.4. The molecule has 1 amide bonds. The van der Waals surface area contributed by atoms with Gasteiger partial charge in [0.15, 0.2) is 11.6 Å². The fourth-order valence-corrected chi connectivity index (χ4v) is 6.55. The van der Waals surface area contributed by atoms with Crippen LogP contribution in [0.15, 0.2) is 59.8 Å². The van der Waals surface area contributed by atoms with Gasteiger partial charge in [-0.3, -0.25) is 9.78 Å². The average Bonchev–Trinajstić information content (AvgIpc) is 3.08. The SMILES string of the molecule is O=C(NCc1cc2nc(N3CCOc4cc(N5CCC5)cnc43)ccc2cn1)c1ccc2c(c1)S(=O)(=O)[C@@H](F)CCO2. The van der Waals surface area contributed by atoms with Crippen LogP contribution in [-0.2, 0) is 16.4 Å². The number of carbonyl (C=O) groups excluding carboxylic acids is 1. The number of benzene rings is 1. The Morgan fingerprint density at radius 2 is 1.86 bits per heavy atom. The summed E-state index contributed by atoms with van der Waals surface area (Å²) in [7, 11) is -4.25. The third-order valence-corrected chi connectivity index (χ3v) is 9.48. The van der Waals surface area contributed by atoms with Crippen LogP contribution in [0.3, 0.4) is 0 Å². The van der Waals surface area contributed by atoms with Crippen molar-refractivity contribution in [1.82, 2.24) is 20.3 Å². The molecule has 42 heavy (non-hydrogen) atoms. The first-order valence-electron chi connectivity index (χ1n) is 13.7. The maximum atomic E-state index is 14.2. The number of nitrogens with one attached hydrogen (secondary N) is 1. The largest absolute Gasteiger partial charge is 0.492 e. The quantitative estimate of drug-likeness (QED) is 0.369. The molecule has 0 spiro atoms. The average molecular weight is 591 g/mol. The number of aromatic nitrogens is 3. The number of sulfone groups is 1. The summed E-state index contributed by atoms with van der Waals surface area (Å²) in [6, 6.07) is 11.7. The highest BCUT2D eigenvalue weighted by Gasteiger charge is 2.33. The van der Waals surface area contributed by atoms with Crippen LogP contribution in [0.25, 0.3) is 10.9 Å². The predicted molar refractivity (Wildman–Crippen MR) is 153 cm³/mol. The van der Waals surface area contributed by atoms with Crippen LogP contribution in [0.4, 0.5) is 21.7 Å². The molecule has 3 aromatic heterocycles. The van der Waals surface area contributed by atoms with Gasteiger partial charge in [-0.2, -0.15) is 0 Å². The van der Waals surface area contributed by atoms with Gasteiger partial charge >= 0.3 is 0 Å². The number of rotatable bonds is 5. The van der Waals surface area contributed by atoms with E-state index in [-0.39, 0.29) is 35.8 Å².